The minimum atomic E-state index is 0. The van der Waals surface area contributed by atoms with Crippen molar-refractivity contribution in [3.8, 4) is 0 Å². The van der Waals surface area contributed by atoms with Crippen LogP contribution in [-0.4, -0.2) is 49.1 Å². The minimum absolute atomic E-state index is 0. The van der Waals surface area contributed by atoms with Gasteiger partial charge in [0, 0.05) is 0 Å². The summed E-state index contributed by atoms with van der Waals surface area (Å²) < 4.78 is 0. The summed E-state index contributed by atoms with van der Waals surface area (Å²) in [6.45, 7) is 20.4. The molecule has 0 bridgehead atoms. The molecule has 0 aliphatic heterocycles. The fraction of sp³-hybridized carbons (Fsp3) is 1.00. The monoisotopic (exact) mass is 312 g/mol. The first-order valence-corrected chi connectivity index (χ1v) is 6.64. The van der Waals surface area contributed by atoms with Crippen LogP contribution in [0.2, 0.25) is 0 Å². The first-order chi connectivity index (χ1) is 7.19. The van der Waals surface area contributed by atoms with Crippen LogP contribution in [-0.2, 0) is 0 Å². The zero-order valence-electron chi connectivity index (χ0n) is 11.8. The summed E-state index contributed by atoms with van der Waals surface area (Å²) in [5, 5.41) is 0. The van der Waals surface area contributed by atoms with Crippen LogP contribution in [0.4, 0.5) is 0 Å². The number of hydrogen-bond donors (Lipinski definition) is 0. The molecule has 0 N–H and O–H groups in total. The van der Waals surface area contributed by atoms with E-state index in [1.807, 2.05) is 0 Å². The van der Waals surface area contributed by atoms with E-state index in [9.17, 15) is 0 Å². The van der Waals surface area contributed by atoms with Gasteiger partial charge in [0.05, 0.1) is 0 Å². The third-order valence-corrected chi connectivity index (χ3v) is 2.78. The standard InChI is InChI=1S/C7H17N.C6H15N.6CH4/c1-4-7-8(5-2)6-3;1-4-7(5-2)6-3;;;;;;/h4-7H2,1-3H3;4-6H2,1-3H3;6*1H4. The van der Waals surface area contributed by atoms with E-state index >= 15 is 0 Å². The lowest BCUT2D eigenvalue weighted by molar-refractivity contribution is 0.304. The van der Waals surface area contributed by atoms with Gasteiger partial charge in [-0.2, -0.15) is 0 Å². The number of rotatable bonds is 7. The van der Waals surface area contributed by atoms with Gasteiger partial charge in [0.25, 0.3) is 0 Å². The first kappa shape index (κ1) is 49.7. The molecule has 2 nitrogen and oxygen atoms in total. The van der Waals surface area contributed by atoms with E-state index in [1.54, 1.807) is 0 Å². The summed E-state index contributed by atoms with van der Waals surface area (Å²) in [5.74, 6) is 0. The molecule has 0 aliphatic rings. The van der Waals surface area contributed by atoms with E-state index in [0.29, 0.717) is 0 Å². The Morgan fingerprint density at radius 1 is 0.429 bits per heavy atom. The van der Waals surface area contributed by atoms with Crippen molar-refractivity contribution >= 4 is 0 Å². The molecule has 21 heavy (non-hydrogen) atoms. The van der Waals surface area contributed by atoms with E-state index in [1.165, 1.54) is 45.7 Å². The van der Waals surface area contributed by atoms with Gasteiger partial charge in [-0.15, -0.1) is 0 Å². The molecule has 0 unspecified atom stereocenters. The fourth-order valence-corrected chi connectivity index (χ4v) is 1.53. The van der Waals surface area contributed by atoms with Gasteiger partial charge in [-0.25, -0.2) is 0 Å². The molecule has 0 aromatic carbocycles. The summed E-state index contributed by atoms with van der Waals surface area (Å²) in [5.41, 5.74) is 0. The Kier molecular flexibility index (Phi) is 101. The fourth-order valence-electron chi connectivity index (χ4n) is 1.53. The molecule has 0 rings (SSSR count). The van der Waals surface area contributed by atoms with Gasteiger partial charge >= 0.3 is 0 Å². The van der Waals surface area contributed by atoms with Crippen LogP contribution in [0.25, 0.3) is 0 Å². The number of hydrogen-bond acceptors (Lipinski definition) is 2. The molecule has 0 fully saturated rings. The zero-order chi connectivity index (χ0) is 12.1. The number of nitrogens with zero attached hydrogens (tertiary/aromatic N) is 2. The molecule has 0 spiro atoms. The van der Waals surface area contributed by atoms with Gasteiger partial charge in [0.1, 0.15) is 0 Å². The molecule has 0 aromatic heterocycles. The predicted molar refractivity (Wildman–Crippen MR) is 112 cm³/mol. The van der Waals surface area contributed by atoms with Crippen LogP contribution in [0.1, 0.15) is 92.5 Å². The molecule has 142 valence electrons. The normalized spacial score (nSPS) is 7.43. The Labute approximate surface area is 142 Å². The summed E-state index contributed by atoms with van der Waals surface area (Å²) >= 11 is 0. The second-order valence-electron chi connectivity index (χ2n) is 3.65. The molecule has 0 atom stereocenters. The van der Waals surface area contributed by atoms with Crippen molar-refractivity contribution in [3.63, 3.8) is 0 Å². The third-order valence-electron chi connectivity index (χ3n) is 2.78. The maximum absolute atomic E-state index is 2.43. The maximum atomic E-state index is 2.43. The van der Waals surface area contributed by atoms with Crippen molar-refractivity contribution < 1.29 is 0 Å². The lowest BCUT2D eigenvalue weighted by Crippen LogP contribution is -2.23. The zero-order valence-corrected chi connectivity index (χ0v) is 11.8. The van der Waals surface area contributed by atoms with Crippen molar-refractivity contribution in [1.82, 2.24) is 9.80 Å². The van der Waals surface area contributed by atoms with Gasteiger partial charge in [-0.1, -0.05) is 86.1 Å². The molecule has 0 aromatic rings. The largest absolute Gasteiger partial charge is 0.304 e. The van der Waals surface area contributed by atoms with Gasteiger partial charge in [0.2, 0.25) is 0 Å². The summed E-state index contributed by atoms with van der Waals surface area (Å²) in [6.07, 6.45) is 1.28. The van der Waals surface area contributed by atoms with E-state index in [-0.39, 0.29) is 44.6 Å². The highest BCUT2D eigenvalue weighted by Crippen LogP contribution is 1.87. The average Bonchev–Trinajstić information content (AvgIpc) is 2.29. The summed E-state index contributed by atoms with van der Waals surface area (Å²) in [6, 6.07) is 0. The summed E-state index contributed by atoms with van der Waals surface area (Å²) in [4.78, 5) is 4.81. The van der Waals surface area contributed by atoms with Crippen LogP contribution in [0.5, 0.6) is 0 Å². The highest BCUT2D eigenvalue weighted by molar-refractivity contribution is 4.47. The Morgan fingerprint density at radius 3 is 0.714 bits per heavy atom. The molecule has 0 radical (unpaired) electrons. The van der Waals surface area contributed by atoms with E-state index in [4.69, 9.17) is 0 Å². The quantitative estimate of drug-likeness (QED) is 0.504. The average molecular weight is 313 g/mol. The van der Waals surface area contributed by atoms with Gasteiger partial charge in [-0.3, -0.25) is 0 Å². The lowest BCUT2D eigenvalue weighted by atomic mass is 10.4. The van der Waals surface area contributed by atoms with Crippen molar-refractivity contribution in [1.29, 1.82) is 0 Å². The Morgan fingerprint density at radius 2 is 0.667 bits per heavy atom. The second-order valence-corrected chi connectivity index (χ2v) is 3.65. The maximum Gasteiger partial charge on any atom is -0.00216 e. The van der Waals surface area contributed by atoms with E-state index in [2.05, 4.69) is 51.3 Å². The first-order valence-electron chi connectivity index (χ1n) is 6.64. The van der Waals surface area contributed by atoms with Gasteiger partial charge in [0.15, 0.2) is 0 Å². The third kappa shape index (κ3) is 38.3. The van der Waals surface area contributed by atoms with E-state index in [0.717, 1.165) is 0 Å². The van der Waals surface area contributed by atoms with Crippen LogP contribution in [0.3, 0.4) is 0 Å². The van der Waals surface area contributed by atoms with Crippen LogP contribution in [0, 0.1) is 0 Å². The topological polar surface area (TPSA) is 6.48 Å². The van der Waals surface area contributed by atoms with E-state index < -0.39 is 0 Å². The SMILES string of the molecule is C.C.C.C.C.C.CCCN(CC)CC.CCN(CC)CC. The molecule has 0 saturated carbocycles. The Bertz CT molecular complexity index is 92.2. The predicted octanol–water partition coefficient (Wildman–Crippen LogP) is 6.90. The molecule has 0 heterocycles. The molecular formula is C19H56N2. The van der Waals surface area contributed by atoms with Crippen LogP contribution >= 0.6 is 0 Å². The van der Waals surface area contributed by atoms with Gasteiger partial charge < -0.3 is 9.80 Å². The molecule has 0 saturated heterocycles. The molecule has 0 amide bonds. The van der Waals surface area contributed by atoms with Crippen molar-refractivity contribution in [2.24, 2.45) is 0 Å². The smallest absolute Gasteiger partial charge is 0.00216 e. The van der Waals surface area contributed by atoms with Crippen molar-refractivity contribution in [2.75, 3.05) is 39.3 Å². The van der Waals surface area contributed by atoms with Gasteiger partial charge in [-0.05, 0) is 45.7 Å². The lowest BCUT2D eigenvalue weighted by Gasteiger charge is -2.15. The van der Waals surface area contributed by atoms with Crippen LogP contribution < -0.4 is 0 Å². The van der Waals surface area contributed by atoms with Crippen molar-refractivity contribution in [3.05, 3.63) is 0 Å². The Hall–Kier alpha value is -0.0800. The highest BCUT2D eigenvalue weighted by Gasteiger charge is 1.92. The summed E-state index contributed by atoms with van der Waals surface area (Å²) in [7, 11) is 0. The molecule has 0 aliphatic carbocycles. The molecule has 2 heteroatoms. The Balaban J connectivity index is -0.0000000210. The van der Waals surface area contributed by atoms with Crippen LogP contribution in [0.15, 0.2) is 0 Å². The van der Waals surface area contributed by atoms with Crippen molar-refractivity contribution in [2.45, 2.75) is 92.5 Å². The second kappa shape index (κ2) is 42.7. The highest BCUT2D eigenvalue weighted by atomic mass is 15.1. The minimum Gasteiger partial charge on any atom is -0.304 e. The molecular weight excluding hydrogens is 256 g/mol.